The number of carbonyl (C=O) groups excluding carboxylic acids is 2. The number of benzene rings is 3. The fourth-order valence-electron chi connectivity index (χ4n) is 3.78. The van der Waals surface area contributed by atoms with Gasteiger partial charge in [0.1, 0.15) is 18.3 Å². The molecule has 0 fully saturated rings. The van der Waals surface area contributed by atoms with Crippen molar-refractivity contribution < 1.29 is 22.7 Å². The number of nitrogens with zero attached hydrogens (tertiary/aromatic N) is 2. The maximum Gasteiger partial charge on any atom is 0.264 e. The van der Waals surface area contributed by atoms with Crippen molar-refractivity contribution in [1.29, 1.82) is 0 Å². The Bertz CT molecular complexity index is 1370. The first-order valence-corrected chi connectivity index (χ1v) is 14.5. The Morgan fingerprint density at radius 3 is 2.03 bits per heavy atom. The molecule has 0 bridgehead atoms. The second-order valence-electron chi connectivity index (χ2n) is 8.78. The molecule has 1 atom stereocenters. The molecule has 1 N–H and O–H groups in total. The van der Waals surface area contributed by atoms with Crippen molar-refractivity contribution in [3.05, 3.63) is 88.4 Å². The first-order chi connectivity index (χ1) is 18.6. The fourth-order valence-corrected chi connectivity index (χ4v) is 5.44. The minimum atomic E-state index is -4.19. The number of halogens is 2. The van der Waals surface area contributed by atoms with Crippen LogP contribution in [0.15, 0.2) is 77.7 Å². The predicted octanol–water partition coefficient (Wildman–Crippen LogP) is 5.14. The summed E-state index contributed by atoms with van der Waals surface area (Å²) in [7, 11) is -2.71. The third-order valence-electron chi connectivity index (χ3n) is 6.02. The van der Waals surface area contributed by atoms with E-state index in [2.05, 4.69) is 5.32 Å². The maximum absolute atomic E-state index is 13.8. The summed E-state index contributed by atoms with van der Waals surface area (Å²) >= 11 is 12.1. The second kappa shape index (κ2) is 13.7. The van der Waals surface area contributed by atoms with Crippen LogP contribution in [-0.2, 0) is 26.2 Å². The zero-order valence-corrected chi connectivity index (χ0v) is 24.3. The number of anilines is 1. The van der Waals surface area contributed by atoms with Gasteiger partial charge < -0.3 is 15.0 Å². The van der Waals surface area contributed by atoms with Crippen LogP contribution in [0, 0.1) is 0 Å². The molecule has 1 unspecified atom stereocenters. The maximum atomic E-state index is 13.8. The molecule has 0 radical (unpaired) electrons. The monoisotopic (exact) mass is 591 g/mol. The van der Waals surface area contributed by atoms with E-state index in [-0.39, 0.29) is 23.0 Å². The molecule has 0 saturated heterocycles. The van der Waals surface area contributed by atoms with Crippen molar-refractivity contribution in [3.8, 4) is 5.75 Å². The first kappa shape index (κ1) is 30.3. The summed E-state index contributed by atoms with van der Waals surface area (Å²) in [4.78, 5) is 28.0. The van der Waals surface area contributed by atoms with Crippen molar-refractivity contribution in [1.82, 2.24) is 10.2 Å². The molecule has 3 rings (SSSR count). The Hall–Kier alpha value is -3.27. The number of sulfonamides is 1. The van der Waals surface area contributed by atoms with E-state index in [9.17, 15) is 18.0 Å². The van der Waals surface area contributed by atoms with Gasteiger partial charge in [0, 0.05) is 23.1 Å². The Balaban J connectivity index is 2.00. The third kappa shape index (κ3) is 7.88. The summed E-state index contributed by atoms with van der Waals surface area (Å²) in [6.45, 7) is 3.52. The number of carbonyl (C=O) groups is 2. The number of nitrogens with one attached hydrogen (secondary N) is 1. The molecule has 3 aromatic carbocycles. The van der Waals surface area contributed by atoms with Gasteiger partial charge in [-0.05, 0) is 79.6 Å². The van der Waals surface area contributed by atoms with E-state index in [0.29, 0.717) is 22.3 Å². The van der Waals surface area contributed by atoms with E-state index in [4.69, 9.17) is 27.9 Å². The van der Waals surface area contributed by atoms with Crippen molar-refractivity contribution in [2.45, 2.75) is 37.8 Å². The van der Waals surface area contributed by atoms with Crippen LogP contribution in [0.5, 0.6) is 5.75 Å². The Morgan fingerprint density at radius 2 is 1.49 bits per heavy atom. The highest BCUT2D eigenvalue weighted by Gasteiger charge is 2.32. The van der Waals surface area contributed by atoms with Gasteiger partial charge in [0.25, 0.3) is 10.0 Å². The quantitative estimate of drug-likeness (QED) is 0.314. The van der Waals surface area contributed by atoms with Crippen molar-refractivity contribution in [2.75, 3.05) is 24.5 Å². The first-order valence-electron chi connectivity index (χ1n) is 12.3. The van der Waals surface area contributed by atoms with Crippen LogP contribution in [0.1, 0.15) is 25.8 Å². The van der Waals surface area contributed by atoms with Crippen LogP contribution in [0.2, 0.25) is 10.0 Å². The Labute approximate surface area is 239 Å². The summed E-state index contributed by atoms with van der Waals surface area (Å²) < 4.78 is 33.8. The summed E-state index contributed by atoms with van der Waals surface area (Å²) in [6, 6.07) is 18.0. The lowest BCUT2D eigenvalue weighted by Crippen LogP contribution is -2.51. The average molecular weight is 593 g/mol. The molecular formula is C28H31Cl2N3O5S. The molecule has 39 heavy (non-hydrogen) atoms. The molecule has 0 aliphatic rings. The molecule has 8 nitrogen and oxygen atoms in total. The topological polar surface area (TPSA) is 96.0 Å². The van der Waals surface area contributed by atoms with Crippen molar-refractivity contribution in [2.24, 2.45) is 0 Å². The van der Waals surface area contributed by atoms with E-state index in [1.165, 1.54) is 48.4 Å². The van der Waals surface area contributed by atoms with E-state index in [1.807, 2.05) is 6.92 Å². The SMILES string of the molecule is CCCNC(=O)C(C)N(Cc1ccc(Cl)cc1)C(=O)CN(c1ccc(Cl)cc1)S(=O)(=O)c1ccc(OC)cc1. The number of rotatable bonds is 12. The molecule has 0 aliphatic heterocycles. The highest BCUT2D eigenvalue weighted by Crippen LogP contribution is 2.27. The normalized spacial score (nSPS) is 11.9. The minimum absolute atomic E-state index is 0.0240. The predicted molar refractivity (Wildman–Crippen MR) is 154 cm³/mol. The third-order valence-corrected chi connectivity index (χ3v) is 8.32. The lowest BCUT2D eigenvalue weighted by atomic mass is 10.1. The minimum Gasteiger partial charge on any atom is -0.497 e. The number of hydrogen-bond acceptors (Lipinski definition) is 5. The number of hydrogen-bond donors (Lipinski definition) is 1. The molecule has 0 spiro atoms. The number of ether oxygens (including phenoxy) is 1. The molecule has 2 amide bonds. The second-order valence-corrected chi connectivity index (χ2v) is 11.5. The molecule has 11 heteroatoms. The van der Waals surface area contributed by atoms with Crippen LogP contribution in [-0.4, -0.2) is 51.4 Å². The molecule has 0 heterocycles. The van der Waals surface area contributed by atoms with E-state index in [1.54, 1.807) is 43.3 Å². The zero-order chi connectivity index (χ0) is 28.6. The number of amides is 2. The Morgan fingerprint density at radius 1 is 0.923 bits per heavy atom. The van der Waals surface area contributed by atoms with Gasteiger partial charge in [0.15, 0.2) is 0 Å². The van der Waals surface area contributed by atoms with Crippen molar-refractivity contribution >= 4 is 50.7 Å². The van der Waals surface area contributed by atoms with E-state index >= 15 is 0 Å². The summed E-state index contributed by atoms with van der Waals surface area (Å²) in [5.41, 5.74) is 0.983. The molecule has 0 aliphatic carbocycles. The van der Waals surface area contributed by atoms with Gasteiger partial charge in [-0.3, -0.25) is 13.9 Å². The summed E-state index contributed by atoms with van der Waals surface area (Å²) in [5.74, 6) is -0.407. The van der Waals surface area contributed by atoms with Gasteiger partial charge in [-0.25, -0.2) is 8.42 Å². The summed E-state index contributed by atoms with van der Waals surface area (Å²) in [5, 5.41) is 3.75. The Kier molecular flexibility index (Phi) is 10.6. The highest BCUT2D eigenvalue weighted by atomic mass is 35.5. The molecular weight excluding hydrogens is 561 g/mol. The van der Waals surface area contributed by atoms with Crippen LogP contribution in [0.25, 0.3) is 0 Å². The summed E-state index contributed by atoms with van der Waals surface area (Å²) in [6.07, 6.45) is 0.730. The van der Waals surface area contributed by atoms with Gasteiger partial charge >= 0.3 is 0 Å². The largest absolute Gasteiger partial charge is 0.497 e. The lowest BCUT2D eigenvalue weighted by molar-refractivity contribution is -0.139. The molecule has 0 saturated carbocycles. The van der Waals surface area contributed by atoms with Gasteiger partial charge in [-0.1, -0.05) is 42.3 Å². The van der Waals surface area contributed by atoms with Gasteiger partial charge in [0.2, 0.25) is 11.8 Å². The van der Waals surface area contributed by atoms with Crippen LogP contribution >= 0.6 is 23.2 Å². The fraction of sp³-hybridized carbons (Fsp3) is 0.286. The molecule has 208 valence electrons. The van der Waals surface area contributed by atoms with Crippen LogP contribution < -0.4 is 14.4 Å². The molecule has 3 aromatic rings. The average Bonchev–Trinajstić information content (AvgIpc) is 2.94. The zero-order valence-electron chi connectivity index (χ0n) is 21.9. The highest BCUT2D eigenvalue weighted by molar-refractivity contribution is 7.92. The number of methoxy groups -OCH3 is 1. The van der Waals surface area contributed by atoms with Crippen molar-refractivity contribution in [3.63, 3.8) is 0 Å². The van der Waals surface area contributed by atoms with E-state index < -0.39 is 28.5 Å². The lowest BCUT2D eigenvalue weighted by Gasteiger charge is -2.32. The van der Waals surface area contributed by atoms with Crippen LogP contribution in [0.4, 0.5) is 5.69 Å². The smallest absolute Gasteiger partial charge is 0.264 e. The van der Waals surface area contributed by atoms with Gasteiger partial charge in [-0.15, -0.1) is 0 Å². The van der Waals surface area contributed by atoms with Crippen LogP contribution in [0.3, 0.4) is 0 Å². The standard InChI is InChI=1S/C28H31Cl2N3O5S/c1-4-17-31-28(35)20(2)32(18-21-5-7-22(29)8-6-21)27(34)19-33(24-11-9-23(30)10-12-24)39(36,37)26-15-13-25(38-3)14-16-26/h5-16,20H,4,17-19H2,1-3H3,(H,31,35). The van der Waals surface area contributed by atoms with E-state index in [0.717, 1.165) is 16.3 Å². The molecule has 0 aromatic heterocycles. The van der Waals surface area contributed by atoms with Gasteiger partial charge in [-0.2, -0.15) is 0 Å². The van der Waals surface area contributed by atoms with Gasteiger partial charge in [0.05, 0.1) is 17.7 Å².